The molecule has 0 unspecified atom stereocenters. The maximum atomic E-state index is 13.5. The molecule has 0 aliphatic carbocycles. The topological polar surface area (TPSA) is 26.0 Å². The minimum absolute atomic E-state index is 0.213. The highest BCUT2D eigenvalue weighted by atomic mass is 32.2. The van der Waals surface area contributed by atoms with Gasteiger partial charge >= 0.3 is 0 Å². The van der Waals surface area contributed by atoms with Crippen LogP contribution in [-0.4, -0.2) is 0 Å². The largest absolute Gasteiger partial charge is 0.398 e. The van der Waals surface area contributed by atoms with Crippen molar-refractivity contribution in [3.05, 3.63) is 53.8 Å². The number of nitrogen functional groups attached to an aromatic ring is 1. The first kappa shape index (κ1) is 11.0. The Morgan fingerprint density at radius 1 is 1.06 bits per heavy atom. The number of nitrogens with two attached hydrogens (primary N) is 1. The van der Waals surface area contributed by atoms with E-state index in [0.717, 1.165) is 10.5 Å². The molecule has 3 heteroatoms. The van der Waals surface area contributed by atoms with Gasteiger partial charge in [0.1, 0.15) is 5.82 Å². The van der Waals surface area contributed by atoms with Crippen molar-refractivity contribution in [3.8, 4) is 0 Å². The van der Waals surface area contributed by atoms with Crippen molar-refractivity contribution in [1.82, 2.24) is 0 Å². The zero-order valence-corrected chi connectivity index (χ0v) is 9.72. The average molecular weight is 233 g/mol. The lowest BCUT2D eigenvalue weighted by Gasteiger charge is -2.09. The number of hydrogen-bond acceptors (Lipinski definition) is 2. The molecule has 0 saturated carbocycles. The normalized spacial score (nSPS) is 10.4. The van der Waals surface area contributed by atoms with Gasteiger partial charge in [-0.05, 0) is 30.7 Å². The fourth-order valence-corrected chi connectivity index (χ4v) is 2.40. The molecule has 0 saturated heterocycles. The smallest absolute Gasteiger partial charge is 0.137 e. The molecule has 0 heterocycles. The quantitative estimate of drug-likeness (QED) is 0.797. The van der Waals surface area contributed by atoms with Crippen LogP contribution in [0.5, 0.6) is 0 Å². The van der Waals surface area contributed by atoms with Crippen LogP contribution in [0.3, 0.4) is 0 Å². The monoisotopic (exact) mass is 233 g/mol. The lowest BCUT2D eigenvalue weighted by molar-refractivity contribution is 0.602. The maximum absolute atomic E-state index is 13.5. The molecule has 2 aromatic rings. The zero-order chi connectivity index (χ0) is 11.5. The van der Waals surface area contributed by atoms with Crippen molar-refractivity contribution in [2.45, 2.75) is 16.7 Å². The van der Waals surface area contributed by atoms with E-state index in [1.807, 2.05) is 31.2 Å². The molecule has 0 aromatic heterocycles. The molecule has 0 bridgehead atoms. The van der Waals surface area contributed by atoms with Gasteiger partial charge in [0.05, 0.1) is 0 Å². The highest BCUT2D eigenvalue weighted by Crippen LogP contribution is 2.35. The van der Waals surface area contributed by atoms with Crippen molar-refractivity contribution in [2.24, 2.45) is 0 Å². The maximum Gasteiger partial charge on any atom is 0.137 e. The number of anilines is 1. The van der Waals surface area contributed by atoms with Crippen LogP contribution in [-0.2, 0) is 0 Å². The van der Waals surface area contributed by atoms with Gasteiger partial charge in [-0.25, -0.2) is 4.39 Å². The summed E-state index contributed by atoms with van der Waals surface area (Å²) in [5.41, 5.74) is 7.63. The molecule has 16 heavy (non-hydrogen) atoms. The van der Waals surface area contributed by atoms with Crippen molar-refractivity contribution < 1.29 is 4.39 Å². The lowest BCUT2D eigenvalue weighted by atomic mass is 10.2. The second-order valence-corrected chi connectivity index (χ2v) is 4.58. The van der Waals surface area contributed by atoms with E-state index in [1.165, 1.54) is 17.8 Å². The molecule has 2 N–H and O–H groups in total. The van der Waals surface area contributed by atoms with Crippen LogP contribution >= 0.6 is 11.8 Å². The molecule has 0 radical (unpaired) electrons. The van der Waals surface area contributed by atoms with Crippen LogP contribution in [0.1, 0.15) is 5.56 Å². The summed E-state index contributed by atoms with van der Waals surface area (Å²) >= 11 is 1.37. The average Bonchev–Trinajstić information content (AvgIpc) is 2.26. The summed E-state index contributed by atoms with van der Waals surface area (Å²) in [5, 5.41) is 0. The molecule has 1 nitrogen and oxygen atoms in total. The van der Waals surface area contributed by atoms with E-state index >= 15 is 0 Å². The third-order valence-electron chi connectivity index (χ3n) is 2.29. The van der Waals surface area contributed by atoms with E-state index in [9.17, 15) is 4.39 Å². The summed E-state index contributed by atoms with van der Waals surface area (Å²) in [6.07, 6.45) is 0. The second-order valence-electron chi connectivity index (χ2n) is 3.53. The fraction of sp³-hybridized carbons (Fsp3) is 0.0769. The number of benzene rings is 2. The van der Waals surface area contributed by atoms with Crippen LogP contribution in [0.2, 0.25) is 0 Å². The van der Waals surface area contributed by atoms with E-state index in [1.54, 1.807) is 12.1 Å². The Morgan fingerprint density at radius 2 is 1.81 bits per heavy atom. The standard InChI is InChI=1S/C13H12FNS/c1-9-5-4-7-11(15)13(9)16-12-8-3-2-6-10(12)14/h2-8H,15H2,1H3. The highest BCUT2D eigenvalue weighted by Gasteiger charge is 2.07. The second kappa shape index (κ2) is 4.58. The van der Waals surface area contributed by atoms with Crippen molar-refractivity contribution in [2.75, 3.05) is 5.73 Å². The molecule has 0 fully saturated rings. The number of hydrogen-bond donors (Lipinski definition) is 1. The third kappa shape index (κ3) is 2.19. The van der Waals surface area contributed by atoms with Crippen LogP contribution in [0, 0.1) is 12.7 Å². The minimum atomic E-state index is -0.213. The first-order valence-corrected chi connectivity index (χ1v) is 5.77. The Morgan fingerprint density at radius 3 is 2.50 bits per heavy atom. The van der Waals surface area contributed by atoms with Crippen LogP contribution in [0.4, 0.5) is 10.1 Å². The summed E-state index contributed by atoms with van der Waals surface area (Å²) in [6.45, 7) is 1.97. The van der Waals surface area contributed by atoms with Crippen LogP contribution < -0.4 is 5.73 Å². The summed E-state index contributed by atoms with van der Waals surface area (Å²) in [4.78, 5) is 1.52. The van der Waals surface area contributed by atoms with Crippen molar-refractivity contribution in [1.29, 1.82) is 0 Å². The Bertz CT molecular complexity index is 491. The summed E-state index contributed by atoms with van der Waals surface area (Å²) in [7, 11) is 0. The molecule has 2 aromatic carbocycles. The molecule has 0 atom stereocenters. The molecule has 82 valence electrons. The Hall–Kier alpha value is -1.48. The Balaban J connectivity index is 2.38. The van der Waals surface area contributed by atoms with Gasteiger partial charge in [0.15, 0.2) is 0 Å². The van der Waals surface area contributed by atoms with E-state index in [2.05, 4.69) is 0 Å². The van der Waals surface area contributed by atoms with E-state index in [4.69, 9.17) is 5.73 Å². The van der Waals surface area contributed by atoms with Gasteiger partial charge in [0, 0.05) is 15.5 Å². The zero-order valence-electron chi connectivity index (χ0n) is 8.91. The predicted molar refractivity (Wildman–Crippen MR) is 66.1 cm³/mol. The molecular formula is C13H12FNS. The molecular weight excluding hydrogens is 221 g/mol. The number of aryl methyl sites for hydroxylation is 1. The van der Waals surface area contributed by atoms with E-state index < -0.39 is 0 Å². The minimum Gasteiger partial charge on any atom is -0.398 e. The number of halogens is 1. The Kier molecular flexibility index (Phi) is 3.15. The van der Waals surface area contributed by atoms with Crippen LogP contribution in [0.15, 0.2) is 52.3 Å². The van der Waals surface area contributed by atoms with E-state index in [-0.39, 0.29) is 5.82 Å². The van der Waals surface area contributed by atoms with Crippen molar-refractivity contribution in [3.63, 3.8) is 0 Å². The van der Waals surface area contributed by atoms with Crippen LogP contribution in [0.25, 0.3) is 0 Å². The SMILES string of the molecule is Cc1cccc(N)c1Sc1ccccc1F. The van der Waals surface area contributed by atoms with Gasteiger partial charge in [-0.1, -0.05) is 36.0 Å². The molecule has 0 spiro atoms. The molecule has 0 amide bonds. The van der Waals surface area contributed by atoms with Crippen molar-refractivity contribution >= 4 is 17.4 Å². The van der Waals surface area contributed by atoms with Gasteiger partial charge in [0.2, 0.25) is 0 Å². The van der Waals surface area contributed by atoms with Gasteiger partial charge in [0.25, 0.3) is 0 Å². The predicted octanol–water partition coefficient (Wildman–Crippen LogP) is 3.87. The Labute approximate surface area is 98.5 Å². The molecule has 0 aliphatic heterocycles. The van der Waals surface area contributed by atoms with Gasteiger partial charge in [-0.15, -0.1) is 0 Å². The van der Waals surface area contributed by atoms with Gasteiger partial charge in [-0.3, -0.25) is 0 Å². The first-order valence-electron chi connectivity index (χ1n) is 4.96. The molecule has 2 rings (SSSR count). The van der Waals surface area contributed by atoms with Gasteiger partial charge in [-0.2, -0.15) is 0 Å². The summed E-state index contributed by atoms with van der Waals surface area (Å²) in [6, 6.07) is 12.4. The summed E-state index contributed by atoms with van der Waals surface area (Å²) in [5.74, 6) is -0.213. The third-order valence-corrected chi connectivity index (χ3v) is 3.60. The lowest BCUT2D eigenvalue weighted by Crippen LogP contribution is -1.91. The molecule has 0 aliphatic rings. The van der Waals surface area contributed by atoms with Gasteiger partial charge < -0.3 is 5.73 Å². The summed E-state index contributed by atoms with van der Waals surface area (Å²) < 4.78 is 13.5. The number of rotatable bonds is 2. The highest BCUT2D eigenvalue weighted by molar-refractivity contribution is 7.99. The van der Waals surface area contributed by atoms with E-state index in [0.29, 0.717) is 10.6 Å². The fourth-order valence-electron chi connectivity index (χ4n) is 1.45. The first-order chi connectivity index (χ1) is 7.68.